The lowest BCUT2D eigenvalue weighted by atomic mass is 9.98. The van der Waals surface area contributed by atoms with Gasteiger partial charge in [-0.1, -0.05) is 176 Å². The first kappa shape index (κ1) is 32.2. The Morgan fingerprint density at radius 3 is 1.24 bits per heavy atom. The van der Waals surface area contributed by atoms with Crippen LogP contribution in [0.3, 0.4) is 0 Å². The number of hydrogen-bond acceptors (Lipinski definition) is 3. The van der Waals surface area contributed by atoms with Crippen LogP contribution >= 0.6 is 0 Å². The van der Waals surface area contributed by atoms with E-state index in [1.54, 1.807) is 0 Å². The van der Waals surface area contributed by atoms with Crippen LogP contribution in [0, 0.1) is 0 Å². The molecule has 55 heavy (non-hydrogen) atoms. The van der Waals surface area contributed by atoms with Gasteiger partial charge in [0, 0.05) is 33.2 Å². The summed E-state index contributed by atoms with van der Waals surface area (Å²) in [6, 6.07) is 72.4. The summed E-state index contributed by atoms with van der Waals surface area (Å²) in [5.41, 5.74) is 13.4. The minimum Gasteiger partial charge on any atom is -0.309 e. The number of aromatic nitrogens is 4. The molecule has 4 nitrogen and oxygen atoms in total. The van der Waals surface area contributed by atoms with Gasteiger partial charge >= 0.3 is 0 Å². The molecule has 0 spiro atoms. The van der Waals surface area contributed by atoms with Gasteiger partial charge in [0.05, 0.1) is 11.0 Å². The molecule has 10 rings (SSSR count). The minimum absolute atomic E-state index is 0.645. The number of hydrogen-bond donors (Lipinski definition) is 0. The number of benzene rings is 8. The van der Waals surface area contributed by atoms with E-state index in [4.69, 9.17) is 15.0 Å². The molecule has 0 saturated heterocycles. The molecule has 258 valence electrons. The summed E-state index contributed by atoms with van der Waals surface area (Å²) in [5, 5.41) is 2.48. The highest BCUT2D eigenvalue weighted by Crippen LogP contribution is 2.36. The molecule has 0 bridgehead atoms. The molecule has 0 amide bonds. The molecule has 10 aromatic rings. The van der Waals surface area contributed by atoms with Crippen molar-refractivity contribution in [3.05, 3.63) is 206 Å². The zero-order valence-corrected chi connectivity index (χ0v) is 29.9. The second-order valence-corrected chi connectivity index (χ2v) is 13.7. The Bertz CT molecular complexity index is 2880. The molecule has 0 aliphatic carbocycles. The molecule has 0 fully saturated rings. The van der Waals surface area contributed by atoms with Crippen molar-refractivity contribution in [2.45, 2.75) is 0 Å². The first-order valence-corrected chi connectivity index (χ1v) is 18.5. The normalized spacial score (nSPS) is 11.3. The molecule has 0 saturated carbocycles. The average Bonchev–Trinajstić information content (AvgIpc) is 3.61. The third-order valence-electron chi connectivity index (χ3n) is 10.3. The van der Waals surface area contributed by atoms with Crippen LogP contribution in [0.1, 0.15) is 0 Å². The molecule has 8 aromatic carbocycles. The van der Waals surface area contributed by atoms with Crippen LogP contribution in [0.15, 0.2) is 206 Å². The van der Waals surface area contributed by atoms with E-state index in [1.165, 1.54) is 44.1 Å². The highest BCUT2D eigenvalue weighted by Gasteiger charge is 2.15. The standard InChI is InChI=1S/C51H34N4/c1-4-13-35(14-5-1)41-19-12-20-42(33-41)43-29-32-46-45-21-10-11-22-47(45)55(48(46)34-43)44-30-27-37(28-31-44)36-23-25-40(26-24-36)51-53-49(38-15-6-2-7-16-38)52-50(54-51)39-17-8-3-9-18-39/h1-34H. The molecule has 2 heterocycles. The van der Waals surface area contributed by atoms with E-state index in [9.17, 15) is 0 Å². The predicted octanol–water partition coefficient (Wildman–Crippen LogP) is 13.0. The highest BCUT2D eigenvalue weighted by atomic mass is 15.0. The SMILES string of the molecule is c1ccc(-c2cccc(-c3ccc4c5ccccc5n(-c5ccc(-c6ccc(-c7nc(-c8ccccc8)nc(-c8ccccc8)n7)cc6)cc5)c4c3)c2)cc1. The van der Waals surface area contributed by atoms with Gasteiger partial charge in [0.2, 0.25) is 0 Å². The maximum absolute atomic E-state index is 4.91. The van der Waals surface area contributed by atoms with Crippen LogP contribution in [0.2, 0.25) is 0 Å². The second kappa shape index (κ2) is 13.8. The van der Waals surface area contributed by atoms with Gasteiger partial charge in [-0.2, -0.15) is 0 Å². The minimum atomic E-state index is 0.645. The zero-order chi connectivity index (χ0) is 36.6. The van der Waals surface area contributed by atoms with Crippen molar-refractivity contribution in [2.24, 2.45) is 0 Å². The largest absolute Gasteiger partial charge is 0.309 e. The van der Waals surface area contributed by atoms with E-state index in [2.05, 4.69) is 150 Å². The molecule has 0 aliphatic rings. The van der Waals surface area contributed by atoms with Crippen LogP contribution in [0.25, 0.3) is 95.0 Å². The Labute approximate surface area is 319 Å². The predicted molar refractivity (Wildman–Crippen MR) is 227 cm³/mol. The topological polar surface area (TPSA) is 43.6 Å². The molecule has 0 N–H and O–H groups in total. The van der Waals surface area contributed by atoms with Crippen molar-refractivity contribution in [3.8, 4) is 73.2 Å². The van der Waals surface area contributed by atoms with E-state index in [0.29, 0.717) is 17.5 Å². The van der Waals surface area contributed by atoms with Gasteiger partial charge in [0.15, 0.2) is 17.5 Å². The fraction of sp³-hybridized carbons (Fsp3) is 0. The third kappa shape index (κ3) is 6.16. The van der Waals surface area contributed by atoms with Gasteiger partial charge in [-0.15, -0.1) is 0 Å². The average molecular weight is 703 g/mol. The molecular formula is C51H34N4. The fourth-order valence-electron chi connectivity index (χ4n) is 7.49. The second-order valence-electron chi connectivity index (χ2n) is 13.7. The monoisotopic (exact) mass is 702 g/mol. The van der Waals surface area contributed by atoms with Crippen molar-refractivity contribution < 1.29 is 0 Å². The Morgan fingerprint density at radius 1 is 0.255 bits per heavy atom. The Morgan fingerprint density at radius 2 is 0.636 bits per heavy atom. The third-order valence-corrected chi connectivity index (χ3v) is 10.3. The van der Waals surface area contributed by atoms with Crippen LogP contribution in [0.5, 0.6) is 0 Å². The first-order chi connectivity index (χ1) is 27.2. The van der Waals surface area contributed by atoms with Crippen molar-refractivity contribution in [2.75, 3.05) is 0 Å². The Balaban J connectivity index is 0.994. The van der Waals surface area contributed by atoms with E-state index >= 15 is 0 Å². The summed E-state index contributed by atoms with van der Waals surface area (Å²) in [6.07, 6.45) is 0. The molecule has 0 radical (unpaired) electrons. The smallest absolute Gasteiger partial charge is 0.164 e. The van der Waals surface area contributed by atoms with Gasteiger partial charge in [0.25, 0.3) is 0 Å². The lowest BCUT2D eigenvalue weighted by Gasteiger charge is -2.11. The number of nitrogens with zero attached hydrogens (tertiary/aromatic N) is 4. The van der Waals surface area contributed by atoms with Crippen LogP contribution in [-0.2, 0) is 0 Å². The molecule has 0 atom stereocenters. The maximum Gasteiger partial charge on any atom is 0.164 e. The zero-order valence-electron chi connectivity index (χ0n) is 29.9. The maximum atomic E-state index is 4.91. The summed E-state index contributed by atoms with van der Waals surface area (Å²) in [7, 11) is 0. The summed E-state index contributed by atoms with van der Waals surface area (Å²) in [4.78, 5) is 14.7. The van der Waals surface area contributed by atoms with E-state index in [1.807, 2.05) is 60.7 Å². The quantitative estimate of drug-likeness (QED) is 0.166. The van der Waals surface area contributed by atoms with E-state index < -0.39 is 0 Å². The highest BCUT2D eigenvalue weighted by molar-refractivity contribution is 6.10. The van der Waals surface area contributed by atoms with Crippen LogP contribution in [0.4, 0.5) is 0 Å². The molecule has 2 aromatic heterocycles. The van der Waals surface area contributed by atoms with E-state index in [-0.39, 0.29) is 0 Å². The fourth-order valence-corrected chi connectivity index (χ4v) is 7.49. The van der Waals surface area contributed by atoms with E-state index in [0.717, 1.165) is 33.5 Å². The Kier molecular flexibility index (Phi) is 8.12. The van der Waals surface area contributed by atoms with Gasteiger partial charge in [-0.25, -0.2) is 15.0 Å². The molecule has 0 unspecified atom stereocenters. The summed E-state index contributed by atoms with van der Waals surface area (Å²) in [6.45, 7) is 0. The molecule has 4 heteroatoms. The van der Waals surface area contributed by atoms with Crippen molar-refractivity contribution in [3.63, 3.8) is 0 Å². The van der Waals surface area contributed by atoms with Crippen molar-refractivity contribution in [1.82, 2.24) is 19.5 Å². The number of fused-ring (bicyclic) bond motifs is 3. The summed E-state index contributed by atoms with van der Waals surface area (Å²) < 4.78 is 2.39. The summed E-state index contributed by atoms with van der Waals surface area (Å²) in [5.74, 6) is 1.95. The van der Waals surface area contributed by atoms with Gasteiger partial charge in [-0.3, -0.25) is 0 Å². The van der Waals surface area contributed by atoms with Gasteiger partial charge < -0.3 is 4.57 Å². The van der Waals surface area contributed by atoms with Gasteiger partial charge in [-0.05, 0) is 63.7 Å². The molecule has 0 aliphatic heterocycles. The van der Waals surface area contributed by atoms with Crippen molar-refractivity contribution >= 4 is 21.8 Å². The van der Waals surface area contributed by atoms with Crippen LogP contribution in [-0.4, -0.2) is 19.5 Å². The number of rotatable bonds is 7. The van der Waals surface area contributed by atoms with Crippen LogP contribution < -0.4 is 0 Å². The lowest BCUT2D eigenvalue weighted by Crippen LogP contribution is -2.00. The van der Waals surface area contributed by atoms with Gasteiger partial charge in [0.1, 0.15) is 0 Å². The Hall–Kier alpha value is -7.43. The molecular weight excluding hydrogens is 669 g/mol. The van der Waals surface area contributed by atoms with Crippen molar-refractivity contribution in [1.29, 1.82) is 0 Å². The summed E-state index contributed by atoms with van der Waals surface area (Å²) >= 11 is 0. The lowest BCUT2D eigenvalue weighted by molar-refractivity contribution is 1.07. The first-order valence-electron chi connectivity index (χ1n) is 18.5. The number of para-hydroxylation sites is 1.